The number of benzene rings is 3. The number of ether oxygens (including phenoxy) is 1. The Morgan fingerprint density at radius 1 is 1.04 bits per heavy atom. The minimum Gasteiger partial charge on any atom is -0.497 e. The van der Waals surface area contributed by atoms with Crippen molar-refractivity contribution in [1.82, 2.24) is 4.98 Å². The Kier molecular flexibility index (Phi) is 4.82. The maximum absolute atomic E-state index is 12.3. The molecule has 6 nitrogen and oxygen atoms in total. The number of rotatable bonds is 5. The van der Waals surface area contributed by atoms with E-state index in [1.165, 1.54) is 12.1 Å². The molecule has 0 spiro atoms. The summed E-state index contributed by atoms with van der Waals surface area (Å²) in [6, 6.07) is 19.5. The minimum absolute atomic E-state index is 0.253. The standard InChI is InChI=1S/C21H15N3O3S/c1-27-17-10-11-18-19(12-17)28-21(23-18)14-4-6-15(7-5-14)22-20(25)13-2-8-16(24-26)9-3-13/h2-12H,1H3,(H,22,25). The first-order chi connectivity index (χ1) is 13.7. The third kappa shape index (κ3) is 3.60. The normalized spacial score (nSPS) is 10.6. The van der Waals surface area contributed by atoms with Crippen molar-refractivity contribution in [2.24, 2.45) is 5.18 Å². The maximum Gasteiger partial charge on any atom is 0.255 e. The number of aromatic nitrogens is 1. The van der Waals surface area contributed by atoms with E-state index < -0.39 is 0 Å². The lowest BCUT2D eigenvalue weighted by Gasteiger charge is -2.06. The molecule has 1 aromatic heterocycles. The predicted octanol–water partition coefficient (Wildman–Crippen LogP) is 5.62. The van der Waals surface area contributed by atoms with E-state index in [0.717, 1.165) is 26.5 Å². The molecule has 0 aliphatic rings. The van der Waals surface area contributed by atoms with Gasteiger partial charge in [0.1, 0.15) is 16.4 Å². The summed E-state index contributed by atoms with van der Waals surface area (Å²) in [5.74, 6) is 0.551. The Bertz CT molecular complexity index is 1150. The van der Waals surface area contributed by atoms with Crippen molar-refractivity contribution >= 4 is 38.8 Å². The number of carbonyl (C=O) groups excluding carboxylic acids is 1. The van der Waals surface area contributed by atoms with Crippen LogP contribution in [0.5, 0.6) is 5.75 Å². The second-order valence-corrected chi connectivity index (χ2v) is 7.05. The molecule has 0 aliphatic heterocycles. The molecule has 1 amide bonds. The van der Waals surface area contributed by atoms with E-state index >= 15 is 0 Å². The highest BCUT2D eigenvalue weighted by Gasteiger charge is 2.09. The zero-order chi connectivity index (χ0) is 19.5. The number of anilines is 1. The summed E-state index contributed by atoms with van der Waals surface area (Å²) in [6.45, 7) is 0. The summed E-state index contributed by atoms with van der Waals surface area (Å²) in [5.41, 5.74) is 3.31. The lowest BCUT2D eigenvalue weighted by molar-refractivity contribution is 0.102. The van der Waals surface area contributed by atoms with Crippen molar-refractivity contribution in [3.8, 4) is 16.3 Å². The van der Waals surface area contributed by atoms with Gasteiger partial charge in [0, 0.05) is 16.8 Å². The van der Waals surface area contributed by atoms with E-state index in [9.17, 15) is 9.70 Å². The number of nitroso groups, excluding NO2 is 1. The van der Waals surface area contributed by atoms with Gasteiger partial charge in [-0.2, -0.15) is 0 Å². The number of fused-ring (bicyclic) bond motifs is 1. The molecule has 1 N–H and O–H groups in total. The smallest absolute Gasteiger partial charge is 0.255 e. The van der Waals surface area contributed by atoms with Gasteiger partial charge in [0.2, 0.25) is 0 Å². The van der Waals surface area contributed by atoms with Gasteiger partial charge in [-0.3, -0.25) is 4.79 Å². The molecule has 3 aromatic carbocycles. The van der Waals surface area contributed by atoms with Crippen molar-refractivity contribution in [1.29, 1.82) is 0 Å². The number of carbonyl (C=O) groups is 1. The van der Waals surface area contributed by atoms with Crippen LogP contribution in [-0.4, -0.2) is 18.0 Å². The molecule has 0 unspecified atom stereocenters. The molecule has 0 atom stereocenters. The highest BCUT2D eigenvalue weighted by Crippen LogP contribution is 2.32. The molecular weight excluding hydrogens is 374 g/mol. The van der Waals surface area contributed by atoms with Crippen molar-refractivity contribution in [2.45, 2.75) is 0 Å². The van der Waals surface area contributed by atoms with Gasteiger partial charge >= 0.3 is 0 Å². The van der Waals surface area contributed by atoms with Gasteiger partial charge in [0.15, 0.2) is 0 Å². The fraction of sp³-hybridized carbons (Fsp3) is 0.0476. The van der Waals surface area contributed by atoms with Gasteiger partial charge in [-0.1, -0.05) is 0 Å². The number of hydrogen-bond acceptors (Lipinski definition) is 6. The average Bonchev–Trinajstić information content (AvgIpc) is 3.17. The quantitative estimate of drug-likeness (QED) is 0.449. The van der Waals surface area contributed by atoms with Gasteiger partial charge in [0.05, 0.1) is 17.3 Å². The van der Waals surface area contributed by atoms with Crippen LogP contribution in [0.15, 0.2) is 71.9 Å². The highest BCUT2D eigenvalue weighted by molar-refractivity contribution is 7.21. The molecule has 0 bridgehead atoms. The summed E-state index contributed by atoms with van der Waals surface area (Å²) in [4.78, 5) is 27.4. The lowest BCUT2D eigenvalue weighted by atomic mass is 10.1. The number of amides is 1. The van der Waals surface area contributed by atoms with Crippen molar-refractivity contribution in [3.05, 3.63) is 77.2 Å². The second kappa shape index (κ2) is 7.58. The Labute approximate surface area is 164 Å². The molecule has 0 aliphatic carbocycles. The molecule has 0 radical (unpaired) electrons. The van der Waals surface area contributed by atoms with Gasteiger partial charge in [-0.05, 0) is 71.9 Å². The Balaban J connectivity index is 1.51. The molecule has 4 aromatic rings. The average molecular weight is 389 g/mol. The number of thiazole rings is 1. The summed E-state index contributed by atoms with van der Waals surface area (Å²) in [7, 11) is 1.64. The van der Waals surface area contributed by atoms with E-state index in [4.69, 9.17) is 4.74 Å². The molecule has 0 saturated carbocycles. The largest absolute Gasteiger partial charge is 0.497 e. The third-order valence-electron chi connectivity index (χ3n) is 4.22. The van der Waals surface area contributed by atoms with Crippen LogP contribution in [0.25, 0.3) is 20.8 Å². The van der Waals surface area contributed by atoms with Crippen molar-refractivity contribution in [3.63, 3.8) is 0 Å². The fourth-order valence-electron chi connectivity index (χ4n) is 2.73. The molecule has 0 saturated heterocycles. The van der Waals surface area contributed by atoms with Crippen molar-refractivity contribution in [2.75, 3.05) is 12.4 Å². The van der Waals surface area contributed by atoms with Crippen LogP contribution in [0.4, 0.5) is 11.4 Å². The molecule has 138 valence electrons. The third-order valence-corrected chi connectivity index (χ3v) is 5.29. The Hall–Kier alpha value is -3.58. The zero-order valence-corrected chi connectivity index (χ0v) is 15.7. The van der Waals surface area contributed by atoms with E-state index in [1.807, 2.05) is 42.5 Å². The van der Waals surface area contributed by atoms with Gasteiger partial charge in [-0.15, -0.1) is 16.2 Å². The van der Waals surface area contributed by atoms with Crippen LogP contribution in [0.2, 0.25) is 0 Å². The monoisotopic (exact) mass is 389 g/mol. The van der Waals surface area contributed by atoms with Gasteiger partial charge in [-0.25, -0.2) is 4.98 Å². The molecular formula is C21H15N3O3S. The van der Waals surface area contributed by atoms with Crippen molar-refractivity contribution < 1.29 is 9.53 Å². The SMILES string of the molecule is COc1ccc2nc(-c3ccc(NC(=O)c4ccc(N=O)cc4)cc3)sc2c1. The molecule has 7 heteroatoms. The minimum atomic E-state index is -0.253. The van der Waals surface area contributed by atoms with Crippen LogP contribution in [0.1, 0.15) is 10.4 Å². The van der Waals surface area contributed by atoms with Crippen LogP contribution in [-0.2, 0) is 0 Å². The molecule has 28 heavy (non-hydrogen) atoms. The van der Waals surface area contributed by atoms with E-state index in [-0.39, 0.29) is 11.6 Å². The number of nitrogens with one attached hydrogen (secondary N) is 1. The van der Waals surface area contributed by atoms with Gasteiger partial charge in [0.25, 0.3) is 5.91 Å². The lowest BCUT2D eigenvalue weighted by Crippen LogP contribution is -2.11. The van der Waals surface area contributed by atoms with E-state index in [2.05, 4.69) is 15.5 Å². The van der Waals surface area contributed by atoms with Crippen LogP contribution >= 0.6 is 11.3 Å². The van der Waals surface area contributed by atoms with E-state index in [0.29, 0.717) is 11.3 Å². The summed E-state index contributed by atoms with van der Waals surface area (Å²) < 4.78 is 6.31. The summed E-state index contributed by atoms with van der Waals surface area (Å²) >= 11 is 1.59. The predicted molar refractivity (Wildman–Crippen MR) is 111 cm³/mol. The topological polar surface area (TPSA) is 80.7 Å². The van der Waals surface area contributed by atoms with Gasteiger partial charge < -0.3 is 10.1 Å². The zero-order valence-electron chi connectivity index (χ0n) is 14.9. The first-order valence-corrected chi connectivity index (χ1v) is 9.28. The van der Waals surface area contributed by atoms with Crippen LogP contribution in [0, 0.1) is 4.91 Å². The van der Waals surface area contributed by atoms with E-state index in [1.54, 1.807) is 30.6 Å². The highest BCUT2D eigenvalue weighted by atomic mass is 32.1. The number of methoxy groups -OCH3 is 1. The van der Waals surface area contributed by atoms with Crippen LogP contribution in [0.3, 0.4) is 0 Å². The maximum atomic E-state index is 12.3. The fourth-order valence-corrected chi connectivity index (χ4v) is 3.73. The first kappa shape index (κ1) is 17.8. The molecule has 1 heterocycles. The number of nitrogens with zero attached hydrogens (tertiary/aromatic N) is 2. The molecule has 4 rings (SSSR count). The Morgan fingerprint density at radius 3 is 2.46 bits per heavy atom. The Morgan fingerprint density at radius 2 is 1.79 bits per heavy atom. The molecule has 0 fully saturated rings. The summed E-state index contributed by atoms with van der Waals surface area (Å²) in [5, 5.41) is 6.56. The summed E-state index contributed by atoms with van der Waals surface area (Å²) in [6.07, 6.45) is 0. The van der Waals surface area contributed by atoms with Crippen LogP contribution < -0.4 is 10.1 Å². The number of hydrogen-bond donors (Lipinski definition) is 1. The first-order valence-electron chi connectivity index (χ1n) is 8.46. The second-order valence-electron chi connectivity index (χ2n) is 6.02.